The molecule has 0 bridgehead atoms. The summed E-state index contributed by atoms with van der Waals surface area (Å²) in [7, 11) is -3.56. The summed E-state index contributed by atoms with van der Waals surface area (Å²) in [5.41, 5.74) is 4.37. The van der Waals surface area contributed by atoms with Crippen LogP contribution in [0.1, 0.15) is 18.1 Å². The van der Waals surface area contributed by atoms with Crippen molar-refractivity contribution >= 4 is 27.3 Å². The molecule has 1 amide bonds. The summed E-state index contributed by atoms with van der Waals surface area (Å²) in [5, 5.41) is 14.9. The molecule has 0 spiro atoms. The summed E-state index contributed by atoms with van der Waals surface area (Å²) in [5.74, 6) is -0.343. The molecule has 3 rings (SSSR count). The van der Waals surface area contributed by atoms with E-state index in [2.05, 4.69) is 10.5 Å². The number of rotatable bonds is 7. The van der Waals surface area contributed by atoms with Crippen molar-refractivity contribution < 1.29 is 18.1 Å². The zero-order valence-corrected chi connectivity index (χ0v) is 18.7. The molecule has 170 valence electrons. The largest absolute Gasteiger partial charge is 0.292 e. The summed E-state index contributed by atoms with van der Waals surface area (Å²) in [6.45, 7) is 5.05. The lowest BCUT2D eigenvalue weighted by Gasteiger charge is -2.33. The number of hydrogen-bond acceptors (Lipinski definition) is 7. The van der Waals surface area contributed by atoms with Crippen molar-refractivity contribution in [2.75, 3.05) is 32.7 Å². The van der Waals surface area contributed by atoms with Crippen molar-refractivity contribution in [1.82, 2.24) is 14.6 Å². The minimum absolute atomic E-state index is 0.0539. The van der Waals surface area contributed by atoms with Gasteiger partial charge in [-0.1, -0.05) is 29.8 Å². The summed E-state index contributed by atoms with van der Waals surface area (Å²) in [6.07, 6.45) is 0. The fourth-order valence-corrected chi connectivity index (χ4v) is 4.70. The number of sulfonamides is 1. The normalized spacial score (nSPS) is 16.0. The van der Waals surface area contributed by atoms with Gasteiger partial charge in [0.15, 0.2) is 0 Å². The Morgan fingerprint density at radius 3 is 2.41 bits per heavy atom. The van der Waals surface area contributed by atoms with Gasteiger partial charge in [-0.2, -0.15) is 9.41 Å². The number of nitrogens with one attached hydrogen (secondary N) is 1. The zero-order valence-electron chi connectivity index (χ0n) is 17.9. The third-order valence-corrected chi connectivity index (χ3v) is 7.09. The van der Waals surface area contributed by atoms with Crippen molar-refractivity contribution in [2.24, 2.45) is 5.10 Å². The van der Waals surface area contributed by atoms with Gasteiger partial charge in [0.1, 0.15) is 0 Å². The number of nitro groups is 1. The van der Waals surface area contributed by atoms with E-state index in [0.717, 1.165) is 5.56 Å². The minimum Gasteiger partial charge on any atom is -0.292 e. The molecular weight excluding hydrogens is 434 g/mol. The summed E-state index contributed by atoms with van der Waals surface area (Å²) in [6, 6.07) is 12.7. The van der Waals surface area contributed by atoms with Crippen LogP contribution >= 0.6 is 0 Å². The molecule has 32 heavy (non-hydrogen) atoms. The van der Waals surface area contributed by atoms with Gasteiger partial charge in [-0.15, -0.1) is 0 Å². The van der Waals surface area contributed by atoms with E-state index in [1.165, 1.54) is 16.4 Å². The van der Waals surface area contributed by atoms with Crippen molar-refractivity contribution in [3.63, 3.8) is 0 Å². The lowest BCUT2D eigenvalue weighted by Crippen LogP contribution is -2.50. The Kier molecular flexibility index (Phi) is 7.33. The summed E-state index contributed by atoms with van der Waals surface area (Å²) in [4.78, 5) is 24.8. The van der Waals surface area contributed by atoms with E-state index in [1.807, 2.05) is 11.8 Å². The quantitative estimate of drug-likeness (QED) is 0.382. The smallest absolute Gasteiger partial charge is 0.270 e. The molecule has 0 aromatic heterocycles. The third-order valence-electron chi connectivity index (χ3n) is 5.18. The molecule has 1 aliphatic heterocycles. The van der Waals surface area contributed by atoms with Crippen LogP contribution in [0.25, 0.3) is 0 Å². The number of piperazine rings is 1. The Labute approximate surface area is 186 Å². The van der Waals surface area contributed by atoms with Crippen LogP contribution < -0.4 is 5.43 Å². The second-order valence-electron chi connectivity index (χ2n) is 7.53. The molecule has 1 fully saturated rings. The first kappa shape index (κ1) is 23.5. The van der Waals surface area contributed by atoms with Crippen molar-refractivity contribution in [2.45, 2.75) is 18.7 Å². The number of hydrogen-bond donors (Lipinski definition) is 1. The van der Waals surface area contributed by atoms with E-state index in [-0.39, 0.29) is 23.0 Å². The summed E-state index contributed by atoms with van der Waals surface area (Å²) < 4.78 is 27.0. The predicted molar refractivity (Wildman–Crippen MR) is 120 cm³/mol. The average molecular weight is 460 g/mol. The van der Waals surface area contributed by atoms with Crippen LogP contribution in [-0.4, -0.2) is 66.9 Å². The van der Waals surface area contributed by atoms with Crippen LogP contribution in [0.5, 0.6) is 0 Å². The van der Waals surface area contributed by atoms with Crippen LogP contribution in [-0.2, 0) is 14.8 Å². The Balaban J connectivity index is 1.52. The van der Waals surface area contributed by atoms with Crippen LogP contribution in [0.2, 0.25) is 0 Å². The van der Waals surface area contributed by atoms with E-state index < -0.39 is 14.9 Å². The molecule has 10 nitrogen and oxygen atoms in total. The number of nitrogens with zero attached hydrogens (tertiary/aromatic N) is 4. The molecule has 2 aromatic rings. The van der Waals surface area contributed by atoms with Gasteiger partial charge in [0.2, 0.25) is 10.0 Å². The minimum atomic E-state index is -3.56. The van der Waals surface area contributed by atoms with Gasteiger partial charge < -0.3 is 0 Å². The maximum atomic E-state index is 12.8. The van der Waals surface area contributed by atoms with Gasteiger partial charge in [-0.25, -0.2) is 13.8 Å². The van der Waals surface area contributed by atoms with Gasteiger partial charge in [-0.05, 0) is 26.0 Å². The van der Waals surface area contributed by atoms with Crippen molar-refractivity contribution in [3.8, 4) is 0 Å². The number of carbonyl (C=O) groups excluding carboxylic acids is 1. The first-order valence-electron chi connectivity index (χ1n) is 10.0. The van der Waals surface area contributed by atoms with Gasteiger partial charge in [-0.3, -0.25) is 19.8 Å². The second kappa shape index (κ2) is 9.98. The van der Waals surface area contributed by atoms with Gasteiger partial charge in [0.25, 0.3) is 11.6 Å². The number of hydrazone groups is 1. The average Bonchev–Trinajstić information content (AvgIpc) is 2.78. The SMILES string of the molecule is C/C(=N\NC(=O)CN1CCN(S(=O)(=O)c2ccc(C)cc2)CC1)c1cccc([N+](=O)[O-])c1. The molecule has 0 radical (unpaired) electrons. The topological polar surface area (TPSA) is 125 Å². The molecular formula is C21H25N5O5S. The molecule has 0 saturated carbocycles. The fraction of sp³-hybridized carbons (Fsp3) is 0.333. The highest BCUT2D eigenvalue weighted by atomic mass is 32.2. The lowest BCUT2D eigenvalue weighted by atomic mass is 10.1. The highest BCUT2D eigenvalue weighted by Crippen LogP contribution is 2.18. The monoisotopic (exact) mass is 459 g/mol. The maximum absolute atomic E-state index is 12.8. The Hall–Kier alpha value is -3.15. The van der Waals surface area contributed by atoms with Gasteiger partial charge in [0.05, 0.1) is 22.1 Å². The molecule has 0 atom stereocenters. The molecule has 1 N–H and O–H groups in total. The van der Waals surface area contributed by atoms with E-state index in [0.29, 0.717) is 37.5 Å². The number of benzene rings is 2. The van der Waals surface area contributed by atoms with E-state index in [4.69, 9.17) is 0 Å². The van der Waals surface area contributed by atoms with E-state index in [1.54, 1.807) is 43.3 Å². The third kappa shape index (κ3) is 5.75. The first-order chi connectivity index (χ1) is 15.2. The summed E-state index contributed by atoms with van der Waals surface area (Å²) >= 11 is 0. The molecule has 1 heterocycles. The highest BCUT2D eigenvalue weighted by Gasteiger charge is 2.29. The van der Waals surface area contributed by atoms with Gasteiger partial charge >= 0.3 is 0 Å². The molecule has 1 saturated heterocycles. The molecule has 0 unspecified atom stereocenters. The fourth-order valence-electron chi connectivity index (χ4n) is 3.28. The molecule has 0 aliphatic carbocycles. The Bertz CT molecular complexity index is 1120. The Morgan fingerprint density at radius 2 is 1.78 bits per heavy atom. The highest BCUT2D eigenvalue weighted by molar-refractivity contribution is 7.89. The standard InChI is InChI=1S/C21H25N5O5S/c1-16-6-8-20(9-7-16)32(30,31)25-12-10-24(11-13-25)15-21(27)23-22-17(2)18-4-3-5-19(14-18)26(28)29/h3-9,14H,10-13,15H2,1-2H3,(H,23,27)/b22-17+. The Morgan fingerprint density at radius 1 is 1.12 bits per heavy atom. The second-order valence-corrected chi connectivity index (χ2v) is 9.47. The number of nitro benzene ring substituents is 1. The van der Waals surface area contributed by atoms with Crippen molar-refractivity contribution in [3.05, 3.63) is 69.8 Å². The van der Waals surface area contributed by atoms with Crippen LogP contribution in [0.3, 0.4) is 0 Å². The molecule has 1 aliphatic rings. The van der Waals surface area contributed by atoms with Crippen LogP contribution in [0.4, 0.5) is 5.69 Å². The van der Waals surface area contributed by atoms with E-state index in [9.17, 15) is 23.3 Å². The first-order valence-corrected chi connectivity index (χ1v) is 11.5. The number of amides is 1. The maximum Gasteiger partial charge on any atom is 0.270 e. The molecule has 2 aromatic carbocycles. The lowest BCUT2D eigenvalue weighted by molar-refractivity contribution is -0.384. The van der Waals surface area contributed by atoms with Crippen LogP contribution in [0, 0.1) is 17.0 Å². The van der Waals surface area contributed by atoms with Crippen LogP contribution in [0.15, 0.2) is 58.5 Å². The van der Waals surface area contributed by atoms with Crippen molar-refractivity contribution in [1.29, 1.82) is 0 Å². The zero-order chi connectivity index (χ0) is 23.3. The predicted octanol–water partition coefficient (Wildman–Crippen LogP) is 1.75. The number of carbonyl (C=O) groups is 1. The van der Waals surface area contributed by atoms with Gasteiger partial charge in [0, 0.05) is 43.9 Å². The number of non-ortho nitro benzene ring substituents is 1. The number of aryl methyl sites for hydroxylation is 1. The van der Waals surface area contributed by atoms with E-state index >= 15 is 0 Å². The molecule has 11 heteroatoms.